The fourth-order valence-corrected chi connectivity index (χ4v) is 1.47. The van der Waals surface area contributed by atoms with E-state index in [9.17, 15) is 10.1 Å². The number of carbonyl (C=O) groups is 1. The van der Waals surface area contributed by atoms with Crippen LogP contribution >= 0.6 is 23.2 Å². The molecular formula is C13H10Cl2N2O3. The molecule has 0 atom stereocenters. The van der Waals surface area contributed by atoms with E-state index in [-0.39, 0.29) is 5.69 Å². The van der Waals surface area contributed by atoms with E-state index in [1.165, 1.54) is 12.1 Å². The van der Waals surface area contributed by atoms with Crippen molar-refractivity contribution in [2.24, 2.45) is 0 Å². The summed E-state index contributed by atoms with van der Waals surface area (Å²) < 4.78 is -0.889. The molecule has 2 rings (SSSR count). The van der Waals surface area contributed by atoms with Crippen molar-refractivity contribution < 1.29 is 9.72 Å². The highest BCUT2D eigenvalue weighted by Crippen LogP contribution is 2.14. The maximum atomic E-state index is 10.5. The molecule has 0 radical (unpaired) electrons. The average molecular weight is 313 g/mol. The lowest BCUT2D eigenvalue weighted by Crippen LogP contribution is -1.90. The zero-order chi connectivity index (χ0) is 15.0. The Kier molecular flexibility index (Phi) is 6.63. The Morgan fingerprint density at radius 3 is 1.95 bits per heavy atom. The van der Waals surface area contributed by atoms with E-state index in [1.807, 2.05) is 12.1 Å². The maximum Gasteiger partial charge on any atom is 0.313 e. The molecule has 0 N–H and O–H groups in total. The van der Waals surface area contributed by atoms with Gasteiger partial charge in [0.15, 0.2) is 0 Å². The number of pyridine rings is 1. The summed E-state index contributed by atoms with van der Waals surface area (Å²) in [7, 11) is 0. The zero-order valence-electron chi connectivity index (χ0n) is 10.2. The van der Waals surface area contributed by atoms with Crippen molar-refractivity contribution in [3.05, 3.63) is 70.0 Å². The van der Waals surface area contributed by atoms with Crippen molar-refractivity contribution >= 4 is 33.6 Å². The van der Waals surface area contributed by atoms with Gasteiger partial charge in [0.1, 0.15) is 0 Å². The molecular weight excluding hydrogens is 303 g/mol. The quantitative estimate of drug-likeness (QED) is 0.484. The number of nitro groups is 1. The van der Waals surface area contributed by atoms with E-state index in [0.29, 0.717) is 0 Å². The number of nitro benzene ring substituents is 1. The Labute approximate surface area is 125 Å². The average Bonchev–Trinajstić information content (AvgIpc) is 2.40. The third-order valence-corrected chi connectivity index (χ3v) is 2.30. The molecule has 0 spiro atoms. The zero-order valence-corrected chi connectivity index (χ0v) is 11.7. The lowest BCUT2D eigenvalue weighted by Gasteiger charge is -2.00. The number of hydrogen-bond donors (Lipinski definition) is 0. The largest absolute Gasteiger partial charge is 0.313 e. The first-order valence-corrected chi connectivity index (χ1v) is 6.22. The van der Waals surface area contributed by atoms with E-state index in [2.05, 4.69) is 28.2 Å². The molecule has 0 aliphatic rings. The summed E-state index contributed by atoms with van der Waals surface area (Å²) in [6, 6.07) is 10.5. The Hall–Kier alpha value is -1.98. The lowest BCUT2D eigenvalue weighted by atomic mass is 10.1. The van der Waals surface area contributed by atoms with Crippen LogP contribution in [0.4, 0.5) is 10.5 Å². The number of hydrogen-bond acceptors (Lipinski definition) is 4. The van der Waals surface area contributed by atoms with Crippen LogP contribution in [0.3, 0.4) is 0 Å². The number of halogens is 2. The summed E-state index contributed by atoms with van der Waals surface area (Å²) in [4.78, 5) is 23.0. The monoisotopic (exact) mass is 312 g/mol. The van der Waals surface area contributed by atoms with Crippen LogP contribution in [0.5, 0.6) is 0 Å². The number of nitrogens with zero attached hydrogens (tertiary/aromatic N) is 2. The molecule has 2 aromatic rings. The summed E-state index contributed by atoms with van der Waals surface area (Å²) in [5.74, 6) is 0. The maximum absolute atomic E-state index is 10.5. The second kappa shape index (κ2) is 8.24. The molecule has 20 heavy (non-hydrogen) atoms. The van der Waals surface area contributed by atoms with Gasteiger partial charge in [-0.2, -0.15) is 0 Å². The Bertz CT molecular complexity index is 570. The van der Waals surface area contributed by atoms with Gasteiger partial charge in [-0.3, -0.25) is 19.9 Å². The van der Waals surface area contributed by atoms with Crippen LogP contribution in [0.25, 0.3) is 0 Å². The Morgan fingerprint density at radius 2 is 1.50 bits per heavy atom. The van der Waals surface area contributed by atoms with Gasteiger partial charge in [-0.1, -0.05) is 12.1 Å². The van der Waals surface area contributed by atoms with Crippen LogP contribution < -0.4 is 0 Å². The highest BCUT2D eigenvalue weighted by atomic mass is 35.5. The van der Waals surface area contributed by atoms with Gasteiger partial charge in [0, 0.05) is 24.5 Å². The van der Waals surface area contributed by atoms with Crippen molar-refractivity contribution in [2.45, 2.75) is 6.42 Å². The first-order valence-electron chi connectivity index (χ1n) is 5.46. The smallest absolute Gasteiger partial charge is 0.265 e. The molecule has 7 heteroatoms. The number of carbonyl (C=O) groups excluding carboxylic acids is 1. The topological polar surface area (TPSA) is 73.1 Å². The molecule has 5 nitrogen and oxygen atoms in total. The SMILES string of the molecule is O=C(Cl)Cl.O=[N+]([O-])c1ccc(Cc2ccncc2)cc1. The molecule has 1 aromatic carbocycles. The van der Waals surface area contributed by atoms with Crippen molar-refractivity contribution in [1.82, 2.24) is 4.98 Å². The predicted molar refractivity (Wildman–Crippen MR) is 77.2 cm³/mol. The van der Waals surface area contributed by atoms with Gasteiger partial charge in [0.2, 0.25) is 0 Å². The van der Waals surface area contributed by atoms with Crippen LogP contribution in [0, 0.1) is 10.1 Å². The van der Waals surface area contributed by atoms with E-state index < -0.39 is 9.62 Å². The van der Waals surface area contributed by atoms with Crippen molar-refractivity contribution in [2.75, 3.05) is 0 Å². The molecule has 0 saturated heterocycles. The minimum atomic E-state index is -0.889. The fourth-order valence-electron chi connectivity index (χ4n) is 1.47. The second-order valence-electron chi connectivity index (χ2n) is 3.68. The van der Waals surface area contributed by atoms with Gasteiger partial charge in [-0.15, -0.1) is 0 Å². The Morgan fingerprint density at radius 1 is 1.05 bits per heavy atom. The molecule has 0 fully saturated rings. The van der Waals surface area contributed by atoms with Gasteiger partial charge in [0.25, 0.3) is 5.69 Å². The lowest BCUT2D eigenvalue weighted by molar-refractivity contribution is -0.384. The van der Waals surface area contributed by atoms with Gasteiger partial charge < -0.3 is 0 Å². The van der Waals surface area contributed by atoms with E-state index >= 15 is 0 Å². The standard InChI is InChI=1S/C12H10N2O2.CCl2O/c15-14(16)12-3-1-10(2-4-12)9-11-5-7-13-8-6-11;2-1(3)4/h1-8H,9H2;. The fraction of sp³-hybridized carbons (Fsp3) is 0.0769. The molecule has 0 amide bonds. The molecule has 1 heterocycles. The third-order valence-electron chi connectivity index (χ3n) is 2.30. The Balaban J connectivity index is 0.000000444. The number of rotatable bonds is 3. The molecule has 104 valence electrons. The van der Waals surface area contributed by atoms with Gasteiger partial charge >= 0.3 is 4.70 Å². The van der Waals surface area contributed by atoms with E-state index in [1.54, 1.807) is 24.5 Å². The van der Waals surface area contributed by atoms with Gasteiger partial charge in [0.05, 0.1) is 4.92 Å². The van der Waals surface area contributed by atoms with Crippen molar-refractivity contribution in [3.8, 4) is 0 Å². The van der Waals surface area contributed by atoms with Crippen LogP contribution in [0.15, 0.2) is 48.8 Å². The summed E-state index contributed by atoms with van der Waals surface area (Å²) in [5.41, 5.74) is 2.32. The van der Waals surface area contributed by atoms with Gasteiger partial charge in [-0.05, 0) is 52.9 Å². The van der Waals surface area contributed by atoms with Crippen molar-refractivity contribution in [1.29, 1.82) is 0 Å². The number of aromatic nitrogens is 1. The summed E-state index contributed by atoms with van der Waals surface area (Å²) in [6.45, 7) is 0. The first-order chi connectivity index (χ1) is 9.49. The molecule has 0 unspecified atom stereocenters. The predicted octanol–water partition coefficient (Wildman–Crippen LogP) is 4.16. The first kappa shape index (κ1) is 16.1. The molecule has 0 saturated carbocycles. The summed E-state index contributed by atoms with van der Waals surface area (Å²) in [6.07, 6.45) is 4.24. The highest BCUT2D eigenvalue weighted by Gasteiger charge is 2.03. The minimum Gasteiger partial charge on any atom is -0.265 e. The van der Waals surface area contributed by atoms with Gasteiger partial charge in [-0.25, -0.2) is 0 Å². The summed E-state index contributed by atoms with van der Waals surface area (Å²) in [5, 5.41) is 10.5. The second-order valence-corrected chi connectivity index (χ2v) is 4.56. The summed E-state index contributed by atoms with van der Waals surface area (Å²) >= 11 is 8.80. The number of benzene rings is 1. The van der Waals surface area contributed by atoms with Crippen LogP contribution in [-0.2, 0) is 6.42 Å². The van der Waals surface area contributed by atoms with Crippen LogP contribution in [0.1, 0.15) is 11.1 Å². The number of non-ortho nitro benzene ring substituents is 1. The molecule has 0 bridgehead atoms. The molecule has 1 aromatic heterocycles. The van der Waals surface area contributed by atoms with Crippen molar-refractivity contribution in [3.63, 3.8) is 0 Å². The molecule has 0 aliphatic heterocycles. The minimum absolute atomic E-state index is 0.124. The van der Waals surface area contributed by atoms with Crippen LogP contribution in [-0.4, -0.2) is 14.6 Å². The van der Waals surface area contributed by atoms with E-state index in [4.69, 9.17) is 4.79 Å². The van der Waals surface area contributed by atoms with E-state index in [0.717, 1.165) is 17.5 Å². The third kappa shape index (κ3) is 6.26. The van der Waals surface area contributed by atoms with Crippen LogP contribution in [0.2, 0.25) is 0 Å². The highest BCUT2D eigenvalue weighted by molar-refractivity contribution is 6.93. The molecule has 0 aliphatic carbocycles. The normalized spacial score (nSPS) is 9.30.